The summed E-state index contributed by atoms with van der Waals surface area (Å²) in [5.41, 5.74) is 0.847. The SMILES string of the molecule is Cc1ccoc1C(O)C(C)(C)C. The van der Waals surface area contributed by atoms with Crippen molar-refractivity contribution in [3.8, 4) is 0 Å². The normalized spacial score (nSPS) is 14.8. The Labute approximate surface area is 73.2 Å². The van der Waals surface area contributed by atoms with Gasteiger partial charge >= 0.3 is 0 Å². The summed E-state index contributed by atoms with van der Waals surface area (Å²) >= 11 is 0. The number of aliphatic hydroxyl groups excluding tert-OH is 1. The third kappa shape index (κ3) is 1.69. The first kappa shape index (κ1) is 9.33. The van der Waals surface area contributed by atoms with Crippen molar-refractivity contribution in [2.45, 2.75) is 33.8 Å². The Morgan fingerprint density at radius 3 is 2.33 bits per heavy atom. The van der Waals surface area contributed by atoms with Crippen LogP contribution < -0.4 is 0 Å². The van der Waals surface area contributed by atoms with Crippen LogP contribution in [0.4, 0.5) is 0 Å². The van der Waals surface area contributed by atoms with Gasteiger partial charge in [0, 0.05) is 0 Å². The highest BCUT2D eigenvalue weighted by atomic mass is 16.4. The molecule has 1 heterocycles. The highest BCUT2D eigenvalue weighted by molar-refractivity contribution is 5.18. The Bertz CT molecular complexity index is 255. The van der Waals surface area contributed by atoms with E-state index in [4.69, 9.17) is 4.42 Å². The van der Waals surface area contributed by atoms with Gasteiger partial charge in [-0.2, -0.15) is 0 Å². The number of rotatable bonds is 1. The van der Waals surface area contributed by atoms with E-state index in [1.165, 1.54) is 0 Å². The standard InChI is InChI=1S/C10H16O2/c1-7-5-6-12-8(7)9(11)10(2,3)4/h5-6,9,11H,1-4H3. The van der Waals surface area contributed by atoms with Crippen LogP contribution in [-0.2, 0) is 0 Å². The first-order chi connectivity index (χ1) is 5.43. The van der Waals surface area contributed by atoms with E-state index >= 15 is 0 Å². The molecule has 0 saturated carbocycles. The molecule has 1 aromatic heterocycles. The van der Waals surface area contributed by atoms with Crippen LogP contribution >= 0.6 is 0 Å². The fraction of sp³-hybridized carbons (Fsp3) is 0.600. The lowest BCUT2D eigenvalue weighted by Gasteiger charge is -2.24. The average molecular weight is 168 g/mol. The molecule has 0 saturated heterocycles. The fourth-order valence-corrected chi connectivity index (χ4v) is 1.06. The van der Waals surface area contributed by atoms with E-state index in [9.17, 15) is 5.11 Å². The maximum absolute atomic E-state index is 9.83. The highest BCUT2D eigenvalue weighted by Gasteiger charge is 2.27. The van der Waals surface area contributed by atoms with E-state index in [0.717, 1.165) is 5.56 Å². The first-order valence-corrected chi connectivity index (χ1v) is 4.15. The lowest BCUT2D eigenvalue weighted by Crippen LogP contribution is -2.17. The monoisotopic (exact) mass is 168 g/mol. The molecule has 0 aliphatic rings. The second-order valence-electron chi connectivity index (χ2n) is 4.24. The van der Waals surface area contributed by atoms with Gasteiger partial charge in [0.1, 0.15) is 11.9 Å². The Balaban J connectivity index is 2.92. The molecule has 1 unspecified atom stereocenters. The molecule has 1 N–H and O–H groups in total. The number of aliphatic hydroxyl groups is 1. The van der Waals surface area contributed by atoms with Gasteiger partial charge in [0.15, 0.2) is 0 Å². The van der Waals surface area contributed by atoms with Gasteiger partial charge in [-0.05, 0) is 24.0 Å². The minimum atomic E-state index is -0.521. The lowest BCUT2D eigenvalue weighted by molar-refractivity contribution is 0.0427. The summed E-state index contributed by atoms with van der Waals surface area (Å²) in [6.07, 6.45) is 1.09. The van der Waals surface area contributed by atoms with Gasteiger partial charge in [0.25, 0.3) is 0 Å². The molecule has 1 rings (SSSR count). The minimum absolute atomic E-state index is 0.164. The van der Waals surface area contributed by atoms with Crippen molar-refractivity contribution in [2.24, 2.45) is 5.41 Å². The first-order valence-electron chi connectivity index (χ1n) is 4.15. The highest BCUT2D eigenvalue weighted by Crippen LogP contribution is 2.34. The molecule has 2 nitrogen and oxygen atoms in total. The molecule has 12 heavy (non-hydrogen) atoms. The van der Waals surface area contributed by atoms with E-state index in [-0.39, 0.29) is 5.41 Å². The van der Waals surface area contributed by atoms with Gasteiger partial charge in [-0.3, -0.25) is 0 Å². The molecule has 0 radical (unpaired) electrons. The third-order valence-corrected chi connectivity index (χ3v) is 1.97. The molecule has 1 aromatic rings. The summed E-state index contributed by atoms with van der Waals surface area (Å²) in [4.78, 5) is 0. The topological polar surface area (TPSA) is 33.4 Å². The van der Waals surface area contributed by atoms with Gasteiger partial charge in [-0.25, -0.2) is 0 Å². The summed E-state index contributed by atoms with van der Waals surface area (Å²) in [5, 5.41) is 9.83. The van der Waals surface area contributed by atoms with Crippen molar-refractivity contribution in [1.82, 2.24) is 0 Å². The molecule has 0 spiro atoms. The second-order valence-corrected chi connectivity index (χ2v) is 4.24. The molecule has 1 atom stereocenters. The van der Waals surface area contributed by atoms with Crippen LogP contribution in [0.2, 0.25) is 0 Å². The van der Waals surface area contributed by atoms with E-state index < -0.39 is 6.10 Å². The number of hydrogen-bond acceptors (Lipinski definition) is 2. The minimum Gasteiger partial charge on any atom is -0.466 e. The van der Waals surface area contributed by atoms with Crippen LogP contribution in [0.1, 0.15) is 38.2 Å². The Hall–Kier alpha value is -0.760. The second kappa shape index (κ2) is 2.94. The summed E-state index contributed by atoms with van der Waals surface area (Å²) < 4.78 is 5.20. The van der Waals surface area contributed by atoms with Crippen LogP contribution in [0, 0.1) is 12.3 Å². The van der Waals surface area contributed by atoms with Gasteiger partial charge in [0.05, 0.1) is 6.26 Å². The average Bonchev–Trinajstić information content (AvgIpc) is 2.31. The van der Waals surface area contributed by atoms with Crippen LogP contribution in [0.15, 0.2) is 16.7 Å². The van der Waals surface area contributed by atoms with Crippen molar-refractivity contribution < 1.29 is 9.52 Å². The van der Waals surface area contributed by atoms with Crippen molar-refractivity contribution >= 4 is 0 Å². The summed E-state index contributed by atoms with van der Waals surface area (Å²) in [6.45, 7) is 7.90. The van der Waals surface area contributed by atoms with E-state index in [1.807, 2.05) is 33.8 Å². The number of furan rings is 1. The van der Waals surface area contributed by atoms with Crippen LogP contribution in [0.5, 0.6) is 0 Å². The molecule has 0 bridgehead atoms. The Morgan fingerprint density at radius 2 is 2.00 bits per heavy atom. The molecule has 2 heteroatoms. The molecule has 68 valence electrons. The lowest BCUT2D eigenvalue weighted by atomic mass is 9.87. The number of hydrogen-bond donors (Lipinski definition) is 1. The molecule has 0 aliphatic heterocycles. The summed E-state index contributed by atoms with van der Waals surface area (Å²) in [6, 6.07) is 1.87. The molecular formula is C10H16O2. The van der Waals surface area contributed by atoms with Gasteiger partial charge in [0.2, 0.25) is 0 Å². The largest absolute Gasteiger partial charge is 0.466 e. The van der Waals surface area contributed by atoms with E-state index in [2.05, 4.69) is 0 Å². The van der Waals surface area contributed by atoms with E-state index in [1.54, 1.807) is 6.26 Å². The Kier molecular flexibility index (Phi) is 2.29. The van der Waals surface area contributed by atoms with Crippen molar-refractivity contribution in [2.75, 3.05) is 0 Å². The number of aryl methyl sites for hydroxylation is 1. The van der Waals surface area contributed by atoms with Crippen molar-refractivity contribution in [1.29, 1.82) is 0 Å². The van der Waals surface area contributed by atoms with Crippen molar-refractivity contribution in [3.63, 3.8) is 0 Å². The third-order valence-electron chi connectivity index (χ3n) is 1.97. The van der Waals surface area contributed by atoms with Crippen LogP contribution in [0.3, 0.4) is 0 Å². The van der Waals surface area contributed by atoms with E-state index in [0.29, 0.717) is 5.76 Å². The predicted octanol–water partition coefficient (Wildman–Crippen LogP) is 2.67. The zero-order valence-corrected chi connectivity index (χ0v) is 8.09. The maximum atomic E-state index is 9.83. The fourth-order valence-electron chi connectivity index (χ4n) is 1.06. The molecule has 0 fully saturated rings. The Morgan fingerprint density at radius 1 is 1.42 bits per heavy atom. The summed E-state index contributed by atoms with van der Waals surface area (Å²) in [5.74, 6) is 0.683. The zero-order valence-electron chi connectivity index (χ0n) is 8.09. The smallest absolute Gasteiger partial charge is 0.135 e. The molecular weight excluding hydrogens is 152 g/mol. The zero-order chi connectivity index (χ0) is 9.35. The molecule has 0 aromatic carbocycles. The van der Waals surface area contributed by atoms with Crippen LogP contribution in [-0.4, -0.2) is 5.11 Å². The van der Waals surface area contributed by atoms with Gasteiger partial charge in [-0.15, -0.1) is 0 Å². The molecule has 0 amide bonds. The summed E-state index contributed by atoms with van der Waals surface area (Å²) in [7, 11) is 0. The predicted molar refractivity (Wildman–Crippen MR) is 47.9 cm³/mol. The molecule has 0 aliphatic carbocycles. The van der Waals surface area contributed by atoms with Gasteiger partial charge < -0.3 is 9.52 Å². The van der Waals surface area contributed by atoms with Gasteiger partial charge in [-0.1, -0.05) is 20.8 Å². The quantitative estimate of drug-likeness (QED) is 0.699. The van der Waals surface area contributed by atoms with Crippen molar-refractivity contribution in [3.05, 3.63) is 23.7 Å². The van der Waals surface area contributed by atoms with Crippen LogP contribution in [0.25, 0.3) is 0 Å². The maximum Gasteiger partial charge on any atom is 0.135 e.